The number of aliphatic carboxylic acids is 2. The number of ether oxygens (including phenoxy) is 3. The molecule has 22 heteroatoms. The van der Waals surface area contributed by atoms with Crippen molar-refractivity contribution >= 4 is 20.0 Å². The number of H-pyrrole nitrogens is 1. The van der Waals surface area contributed by atoms with Gasteiger partial charge in [0.05, 0.1) is 28.4 Å². The molecule has 0 saturated heterocycles. The summed E-state index contributed by atoms with van der Waals surface area (Å²) < 4.78 is 96.0. The Labute approximate surface area is 376 Å². The van der Waals surface area contributed by atoms with Crippen molar-refractivity contribution in [3.8, 4) is 57.1 Å². The molecule has 0 aliphatic heterocycles. The van der Waals surface area contributed by atoms with Gasteiger partial charge in [-0.3, -0.25) is 9.59 Å². The van der Waals surface area contributed by atoms with Crippen molar-refractivity contribution < 1.29 is 60.4 Å². The van der Waals surface area contributed by atoms with Crippen LogP contribution in [0.2, 0.25) is 25.7 Å². The van der Waals surface area contributed by atoms with E-state index in [4.69, 9.17) is 19.3 Å². The Morgan fingerprint density at radius 2 is 1.12 bits per heavy atom. The molecule has 0 saturated carbocycles. The number of hydrogen-bond acceptors (Lipinski definition) is 11. The first-order chi connectivity index (χ1) is 30.7. The van der Waals surface area contributed by atoms with Crippen molar-refractivity contribution in [1.82, 2.24) is 39.9 Å². The molecule has 0 radical (unpaired) electrons. The Balaban J connectivity index is 0.000000255. The van der Waals surface area contributed by atoms with E-state index in [-0.39, 0.29) is 43.0 Å². The summed E-state index contributed by atoms with van der Waals surface area (Å²) in [6.07, 6.45) is -7.49. The molecule has 66 heavy (non-hydrogen) atoms. The molecule has 6 rings (SSSR count). The van der Waals surface area contributed by atoms with Gasteiger partial charge < -0.3 is 34.0 Å². The van der Waals surface area contributed by atoms with Gasteiger partial charge >= 0.3 is 24.3 Å². The van der Waals surface area contributed by atoms with Crippen LogP contribution in [0.4, 0.5) is 26.3 Å². The average Bonchev–Trinajstić information content (AvgIpc) is 3.94. The van der Waals surface area contributed by atoms with Crippen LogP contribution < -0.4 is 9.47 Å². The number of benzene rings is 2. The number of alkyl halides is 6. The van der Waals surface area contributed by atoms with Crippen LogP contribution in [-0.4, -0.2) is 90.0 Å². The largest absolute Gasteiger partial charge is 0.492 e. The van der Waals surface area contributed by atoms with E-state index >= 15 is 0 Å². The van der Waals surface area contributed by atoms with Crippen LogP contribution in [0.5, 0.6) is 11.5 Å². The van der Waals surface area contributed by atoms with Crippen molar-refractivity contribution in [2.24, 2.45) is 10.8 Å². The zero-order valence-corrected chi connectivity index (χ0v) is 38.0. The number of nitrogens with zero attached hydrogens (tertiary/aromatic N) is 7. The van der Waals surface area contributed by atoms with Crippen molar-refractivity contribution in [3.63, 3.8) is 0 Å². The lowest BCUT2D eigenvalue weighted by Gasteiger charge is -2.19. The molecule has 0 aliphatic rings. The zero-order chi connectivity index (χ0) is 48.7. The number of nitrogens with one attached hydrogen (secondary N) is 1. The summed E-state index contributed by atoms with van der Waals surface area (Å²) in [5, 5.41) is 34.5. The van der Waals surface area contributed by atoms with Gasteiger partial charge in [0.1, 0.15) is 48.5 Å². The smallest absolute Gasteiger partial charge is 0.434 e. The van der Waals surface area contributed by atoms with Crippen molar-refractivity contribution in [2.45, 2.75) is 72.5 Å². The quantitative estimate of drug-likeness (QED) is 0.0444. The van der Waals surface area contributed by atoms with Crippen molar-refractivity contribution in [2.75, 3.05) is 19.8 Å². The second-order valence-electron chi connectivity index (χ2n) is 17.5. The number of aromatic amines is 1. The van der Waals surface area contributed by atoms with Gasteiger partial charge in [-0.15, -0.1) is 20.4 Å². The number of aromatic nitrogens is 8. The van der Waals surface area contributed by atoms with Crippen LogP contribution in [0.3, 0.4) is 0 Å². The topological polar surface area (TPSA) is 200 Å². The van der Waals surface area contributed by atoms with Gasteiger partial charge in [0.2, 0.25) is 0 Å². The summed E-state index contributed by atoms with van der Waals surface area (Å²) in [5.41, 5.74) is -1.24. The number of carboxylic acid groups (broad SMARTS) is 2. The SMILES string of the molecule is CC(C)(COc1ccc(-c2ccc(-c3nc(C(F)(F)F)cn3COCC[Si](C)(C)C)nn2)cc1)C(=O)O.CC(C)(COc1ccc(-c2ccc(-c3ncc(C(F)(F)F)[nH]3)nn2)cc1)C(=O)O. The number of halogens is 6. The fourth-order valence-electron chi connectivity index (χ4n) is 5.30. The van der Waals surface area contributed by atoms with E-state index in [2.05, 4.69) is 55.0 Å². The third-order valence-corrected chi connectivity index (χ3v) is 11.3. The van der Waals surface area contributed by atoms with E-state index in [0.29, 0.717) is 46.8 Å². The Bertz CT molecular complexity index is 2560. The van der Waals surface area contributed by atoms with Gasteiger partial charge in [-0.1, -0.05) is 19.6 Å². The molecule has 0 atom stereocenters. The number of rotatable bonds is 17. The van der Waals surface area contributed by atoms with Crippen LogP contribution >= 0.6 is 0 Å². The van der Waals surface area contributed by atoms with E-state index in [0.717, 1.165) is 12.2 Å². The van der Waals surface area contributed by atoms with E-state index in [1.165, 1.54) is 10.6 Å². The number of carboxylic acids is 2. The predicted octanol–water partition coefficient (Wildman–Crippen LogP) is 9.87. The first-order valence-corrected chi connectivity index (χ1v) is 23.9. The predicted molar refractivity (Wildman–Crippen MR) is 232 cm³/mol. The summed E-state index contributed by atoms with van der Waals surface area (Å²) in [5.74, 6) is -0.921. The summed E-state index contributed by atoms with van der Waals surface area (Å²) >= 11 is 0. The molecule has 15 nitrogen and oxygen atoms in total. The summed E-state index contributed by atoms with van der Waals surface area (Å²) in [6.45, 7) is 13.3. The van der Waals surface area contributed by atoms with Crippen LogP contribution in [0.25, 0.3) is 45.6 Å². The third kappa shape index (κ3) is 13.9. The molecule has 4 heterocycles. The Hall–Kier alpha value is -6.68. The average molecular weight is 943 g/mol. The number of imidazole rings is 2. The van der Waals surface area contributed by atoms with Gasteiger partial charge in [0.15, 0.2) is 17.3 Å². The second kappa shape index (κ2) is 20.2. The molecule has 0 spiro atoms. The first-order valence-electron chi connectivity index (χ1n) is 20.2. The van der Waals surface area contributed by atoms with Crippen molar-refractivity contribution in [3.05, 3.63) is 96.6 Å². The summed E-state index contributed by atoms with van der Waals surface area (Å²) in [6, 6.07) is 20.9. The highest BCUT2D eigenvalue weighted by Gasteiger charge is 2.36. The molecule has 0 aliphatic carbocycles. The van der Waals surface area contributed by atoms with E-state index in [9.17, 15) is 41.0 Å². The lowest BCUT2D eigenvalue weighted by atomic mass is 9.95. The standard InChI is InChI=1S/C25H31F3N4O4Si.C19H17F3N4O3/c1-24(2,23(33)34)15-36-18-8-6-17(7-9-18)19-10-11-20(31-30-19)22-29-21(25(26,27)28)14-32(22)16-35-12-13-37(3,4)5;1-18(2,17(27)28)10-29-12-5-3-11(4-6-12)13-7-8-14(26-25-13)16-23-9-15(24-16)19(20,21)22/h6-11,14H,12-13,15-16H2,1-5H3,(H,33,34);3-9H,10H2,1-2H3,(H,23,24)(H,27,28). The molecule has 0 bridgehead atoms. The van der Waals surface area contributed by atoms with E-state index < -0.39 is 54.6 Å². The van der Waals surface area contributed by atoms with Gasteiger partial charge in [-0.25, -0.2) is 9.97 Å². The zero-order valence-electron chi connectivity index (χ0n) is 37.0. The minimum Gasteiger partial charge on any atom is -0.492 e. The fraction of sp³-hybridized carbons (Fsp3) is 0.364. The molecular weight excluding hydrogens is 895 g/mol. The van der Waals surface area contributed by atoms with Gasteiger partial charge in [0.25, 0.3) is 0 Å². The Morgan fingerprint density at radius 1 is 0.667 bits per heavy atom. The molecular formula is C44H48F6N8O7Si. The lowest BCUT2D eigenvalue weighted by Crippen LogP contribution is -2.30. The Kier molecular flexibility index (Phi) is 15.4. The fourth-order valence-corrected chi connectivity index (χ4v) is 6.06. The maximum atomic E-state index is 13.3. The van der Waals surface area contributed by atoms with Gasteiger partial charge in [0, 0.05) is 32.0 Å². The second-order valence-corrected chi connectivity index (χ2v) is 23.1. The highest BCUT2D eigenvalue weighted by Crippen LogP contribution is 2.32. The summed E-state index contributed by atoms with van der Waals surface area (Å²) in [7, 11) is -1.34. The molecule has 6 aromatic rings. The molecule has 0 amide bonds. The van der Waals surface area contributed by atoms with Crippen molar-refractivity contribution in [1.29, 1.82) is 0 Å². The highest BCUT2D eigenvalue weighted by atomic mass is 28.3. The Morgan fingerprint density at radius 3 is 1.52 bits per heavy atom. The maximum absolute atomic E-state index is 13.3. The molecule has 2 aromatic carbocycles. The molecule has 4 aromatic heterocycles. The van der Waals surface area contributed by atoms with Crippen LogP contribution in [-0.2, 0) is 33.4 Å². The number of hydrogen-bond donors (Lipinski definition) is 3. The lowest BCUT2D eigenvalue weighted by molar-refractivity contribution is -0.149. The van der Waals surface area contributed by atoms with Crippen LogP contribution in [0, 0.1) is 10.8 Å². The van der Waals surface area contributed by atoms with Crippen LogP contribution in [0.15, 0.2) is 85.2 Å². The molecule has 352 valence electrons. The number of carbonyl (C=O) groups is 2. The third-order valence-electron chi connectivity index (χ3n) is 9.63. The molecule has 3 N–H and O–H groups in total. The summed E-state index contributed by atoms with van der Waals surface area (Å²) in [4.78, 5) is 31.9. The van der Waals surface area contributed by atoms with E-state index in [1.807, 2.05) is 0 Å². The highest BCUT2D eigenvalue weighted by molar-refractivity contribution is 6.76. The maximum Gasteiger partial charge on any atom is 0.434 e. The normalized spacial score (nSPS) is 12.3. The molecule has 0 fully saturated rings. The van der Waals surface area contributed by atoms with Gasteiger partial charge in [-0.05, 0) is 107 Å². The van der Waals surface area contributed by atoms with E-state index in [1.54, 1.807) is 94.4 Å². The minimum atomic E-state index is -4.60. The monoisotopic (exact) mass is 942 g/mol. The molecule has 0 unspecified atom stereocenters. The van der Waals surface area contributed by atoms with Gasteiger partial charge in [-0.2, -0.15) is 26.3 Å². The van der Waals surface area contributed by atoms with Crippen LogP contribution in [0.1, 0.15) is 39.1 Å². The minimum absolute atomic E-state index is 0.00456. The first kappa shape index (κ1) is 50.3.